The number of unbranched alkanes of at least 4 members (excludes halogenated alkanes) is 5. The molecule has 0 aliphatic heterocycles. The first kappa shape index (κ1) is 26.6. The van der Waals surface area contributed by atoms with E-state index in [0.717, 1.165) is 42.9 Å². The van der Waals surface area contributed by atoms with Gasteiger partial charge in [0.1, 0.15) is 6.10 Å². The summed E-state index contributed by atoms with van der Waals surface area (Å²) in [6, 6.07) is 0. The molecular weight excluding hydrogens is 440 g/mol. The van der Waals surface area contributed by atoms with E-state index >= 15 is 0 Å². The van der Waals surface area contributed by atoms with Gasteiger partial charge in [-0.1, -0.05) is 70.9 Å². The van der Waals surface area contributed by atoms with Crippen LogP contribution in [0.1, 0.15) is 130 Å². The molecule has 0 aromatic carbocycles. The normalized spacial score (nSPS) is 39.1. The Morgan fingerprint density at radius 3 is 2.59 bits per heavy atom. The number of hydrogen-bond donors (Lipinski definition) is 0. The van der Waals surface area contributed by atoms with E-state index in [9.17, 15) is 4.79 Å². The van der Waals surface area contributed by atoms with Crippen molar-refractivity contribution < 1.29 is 9.53 Å². The maximum absolute atomic E-state index is 12.2. The molecule has 0 heterocycles. The molecule has 0 N–H and O–H groups in total. The third-order valence-corrected chi connectivity index (χ3v) is 11.2. The Morgan fingerprint density at radius 1 is 1.00 bits per heavy atom. The van der Waals surface area contributed by atoms with E-state index in [2.05, 4.69) is 26.8 Å². The van der Waals surface area contributed by atoms with E-state index < -0.39 is 0 Å². The smallest absolute Gasteiger partial charge is 0.306 e. The first-order chi connectivity index (χ1) is 16.4. The van der Waals surface area contributed by atoms with Gasteiger partial charge in [-0.3, -0.25) is 4.79 Å². The summed E-state index contributed by atoms with van der Waals surface area (Å²) in [5.41, 5.74) is 2.53. The summed E-state index contributed by atoms with van der Waals surface area (Å²) in [4.78, 5) is 12.2. The monoisotopic (exact) mass is 490 g/mol. The summed E-state index contributed by atoms with van der Waals surface area (Å²) in [5.74, 6) is 4.09. The van der Waals surface area contributed by atoms with Crippen molar-refractivity contribution in [2.24, 2.45) is 34.5 Å². The predicted octanol–water partition coefficient (Wildman–Crippen LogP) is 9.25. The molecule has 0 saturated heterocycles. The fraction of sp³-hybridized carbons (Fsp3) is 0.903. The molecule has 0 aromatic rings. The lowest BCUT2D eigenvalue weighted by Gasteiger charge is -2.58. The molecule has 2 nitrogen and oxygen atoms in total. The van der Waals surface area contributed by atoms with E-state index in [0.29, 0.717) is 23.1 Å². The van der Waals surface area contributed by atoms with E-state index in [4.69, 9.17) is 16.3 Å². The molecule has 3 saturated carbocycles. The van der Waals surface area contributed by atoms with Gasteiger partial charge in [-0.25, -0.2) is 0 Å². The van der Waals surface area contributed by atoms with Crippen LogP contribution in [0.3, 0.4) is 0 Å². The van der Waals surface area contributed by atoms with Gasteiger partial charge in [0.25, 0.3) is 0 Å². The van der Waals surface area contributed by atoms with Crippen LogP contribution in [0.25, 0.3) is 0 Å². The summed E-state index contributed by atoms with van der Waals surface area (Å²) in [7, 11) is 0. The van der Waals surface area contributed by atoms with Crippen molar-refractivity contribution in [2.45, 2.75) is 136 Å². The Morgan fingerprint density at radius 2 is 1.79 bits per heavy atom. The first-order valence-corrected chi connectivity index (χ1v) is 15.4. The highest BCUT2D eigenvalue weighted by atomic mass is 35.5. The average Bonchev–Trinajstić information content (AvgIpc) is 3.16. The van der Waals surface area contributed by atoms with Crippen molar-refractivity contribution >= 4 is 17.6 Å². The number of carbonyl (C=O) groups is 1. The van der Waals surface area contributed by atoms with Gasteiger partial charge in [0.2, 0.25) is 0 Å². The van der Waals surface area contributed by atoms with Crippen molar-refractivity contribution in [2.75, 3.05) is 5.88 Å². The number of allylic oxidation sites excluding steroid dienone is 1. The van der Waals surface area contributed by atoms with Crippen LogP contribution in [-0.4, -0.2) is 18.0 Å². The topological polar surface area (TPSA) is 26.3 Å². The number of ether oxygens (including phenoxy) is 1. The van der Waals surface area contributed by atoms with Crippen LogP contribution in [0.15, 0.2) is 11.6 Å². The molecular formula is C31H51ClO2. The summed E-state index contributed by atoms with van der Waals surface area (Å²) >= 11 is 5.75. The van der Waals surface area contributed by atoms with Crippen molar-refractivity contribution in [1.29, 1.82) is 0 Å². The van der Waals surface area contributed by atoms with E-state index in [-0.39, 0.29) is 12.1 Å². The highest BCUT2D eigenvalue weighted by Crippen LogP contribution is 2.66. The van der Waals surface area contributed by atoms with Crippen LogP contribution in [-0.2, 0) is 9.53 Å². The van der Waals surface area contributed by atoms with Gasteiger partial charge < -0.3 is 4.74 Å². The highest BCUT2D eigenvalue weighted by molar-refractivity contribution is 6.17. The second-order valence-electron chi connectivity index (χ2n) is 12.8. The van der Waals surface area contributed by atoms with Crippen LogP contribution in [0, 0.1) is 34.5 Å². The number of alkyl halides is 1. The number of rotatable bonds is 11. The molecule has 0 bridgehead atoms. The van der Waals surface area contributed by atoms with Gasteiger partial charge in [-0.2, -0.15) is 0 Å². The molecule has 194 valence electrons. The Hall–Kier alpha value is -0.500. The molecule has 4 aliphatic rings. The SMILES string of the molecule is CCCCCCCCC1CCC2C3CC=C4C[C@@H](OC(=O)CCCCl)CC[C@]4(C)C3CC[C@]12C. The summed E-state index contributed by atoms with van der Waals surface area (Å²) in [5, 5.41) is 0. The Labute approximate surface area is 215 Å². The van der Waals surface area contributed by atoms with Gasteiger partial charge in [0.05, 0.1) is 0 Å². The molecule has 4 aliphatic carbocycles. The van der Waals surface area contributed by atoms with Crippen LogP contribution in [0.4, 0.5) is 0 Å². The standard InChI is InChI=1S/C31H51ClO2/c1-4-5-6-7-8-9-11-23-14-16-27-26-15-13-24-22-25(34-29(33)12-10-21-32)17-19-31(24,3)28(26)18-20-30(23,27)2/h13,23,25-28H,4-12,14-22H2,1-3H3/t23?,25-,26?,27?,28?,30+,31-/m0/s1. The zero-order chi connectivity index (χ0) is 24.2. The van der Waals surface area contributed by atoms with Gasteiger partial charge >= 0.3 is 5.97 Å². The van der Waals surface area contributed by atoms with Crippen LogP contribution >= 0.6 is 11.6 Å². The van der Waals surface area contributed by atoms with Gasteiger partial charge in [0.15, 0.2) is 0 Å². The third kappa shape index (κ3) is 5.42. The van der Waals surface area contributed by atoms with Crippen molar-refractivity contribution in [1.82, 2.24) is 0 Å². The summed E-state index contributed by atoms with van der Waals surface area (Å²) < 4.78 is 5.85. The number of hydrogen-bond acceptors (Lipinski definition) is 2. The molecule has 7 atom stereocenters. The molecule has 0 radical (unpaired) electrons. The van der Waals surface area contributed by atoms with E-state index in [1.54, 1.807) is 5.57 Å². The fourth-order valence-electron chi connectivity index (χ4n) is 8.94. The number of esters is 1. The molecule has 0 spiro atoms. The second-order valence-corrected chi connectivity index (χ2v) is 13.2. The van der Waals surface area contributed by atoms with Crippen molar-refractivity contribution in [3.63, 3.8) is 0 Å². The Kier molecular flexibility index (Phi) is 9.14. The molecule has 0 aromatic heterocycles. The Bertz CT molecular complexity index is 716. The molecule has 4 unspecified atom stereocenters. The van der Waals surface area contributed by atoms with Crippen molar-refractivity contribution in [3.8, 4) is 0 Å². The quantitative estimate of drug-likeness (QED) is 0.125. The second kappa shape index (κ2) is 11.7. The highest BCUT2D eigenvalue weighted by Gasteiger charge is 2.58. The first-order valence-electron chi connectivity index (χ1n) is 14.9. The van der Waals surface area contributed by atoms with Crippen LogP contribution < -0.4 is 0 Å². The zero-order valence-electron chi connectivity index (χ0n) is 22.4. The van der Waals surface area contributed by atoms with E-state index in [1.807, 2.05) is 0 Å². The number of fused-ring (bicyclic) bond motifs is 5. The molecule has 0 amide bonds. The van der Waals surface area contributed by atoms with Crippen molar-refractivity contribution in [3.05, 3.63) is 11.6 Å². The number of halogens is 1. The molecule has 4 rings (SSSR count). The van der Waals surface area contributed by atoms with Gasteiger partial charge in [-0.15, -0.1) is 11.6 Å². The zero-order valence-corrected chi connectivity index (χ0v) is 23.1. The lowest BCUT2D eigenvalue weighted by molar-refractivity contribution is -0.151. The minimum absolute atomic E-state index is 0.0562. The summed E-state index contributed by atoms with van der Waals surface area (Å²) in [6.07, 6.45) is 24.2. The number of carbonyl (C=O) groups excluding carboxylic acids is 1. The third-order valence-electron chi connectivity index (χ3n) is 11.0. The van der Waals surface area contributed by atoms with Gasteiger partial charge in [0, 0.05) is 18.7 Å². The lowest BCUT2D eigenvalue weighted by atomic mass is 9.47. The molecule has 3 fully saturated rings. The lowest BCUT2D eigenvalue weighted by Crippen LogP contribution is -2.50. The average molecular weight is 491 g/mol. The van der Waals surface area contributed by atoms with Gasteiger partial charge in [-0.05, 0) is 92.3 Å². The molecule has 34 heavy (non-hydrogen) atoms. The largest absolute Gasteiger partial charge is 0.462 e. The fourth-order valence-corrected chi connectivity index (χ4v) is 9.07. The molecule has 3 heteroatoms. The Balaban J connectivity index is 1.35. The predicted molar refractivity (Wildman–Crippen MR) is 143 cm³/mol. The maximum atomic E-state index is 12.2. The summed E-state index contributed by atoms with van der Waals surface area (Å²) in [6.45, 7) is 7.55. The van der Waals surface area contributed by atoms with Crippen LogP contribution in [0.5, 0.6) is 0 Å². The minimum atomic E-state index is -0.0562. The minimum Gasteiger partial charge on any atom is -0.462 e. The van der Waals surface area contributed by atoms with E-state index in [1.165, 1.54) is 83.5 Å². The van der Waals surface area contributed by atoms with Crippen LogP contribution in [0.2, 0.25) is 0 Å². The maximum Gasteiger partial charge on any atom is 0.306 e.